The number of halogens is 1. The number of aliphatic hydroxyl groups is 1. The lowest BCUT2D eigenvalue weighted by Gasteiger charge is -2.15. The van der Waals surface area contributed by atoms with E-state index in [0.717, 1.165) is 0 Å². The number of carboxylic acid groups (broad SMARTS) is 1. The van der Waals surface area contributed by atoms with E-state index in [0.29, 0.717) is 0 Å². The van der Waals surface area contributed by atoms with E-state index in [2.05, 4.69) is 0 Å². The number of hydrogen-bond donors (Lipinski definition) is 2. The number of benzene rings is 2. The molecule has 0 aromatic heterocycles. The maximum absolute atomic E-state index is 13.6. The first kappa shape index (κ1) is 19.3. The van der Waals surface area contributed by atoms with Gasteiger partial charge in [-0.25, -0.2) is 14.0 Å². The van der Waals surface area contributed by atoms with Crippen LogP contribution in [0.4, 0.5) is 4.39 Å². The van der Waals surface area contributed by atoms with E-state index < -0.39 is 23.9 Å². The number of hydrogen-bond acceptors (Lipinski definition) is 4. The minimum atomic E-state index is -1.22. The van der Waals surface area contributed by atoms with Crippen LogP contribution in [0.2, 0.25) is 0 Å². The van der Waals surface area contributed by atoms with E-state index in [4.69, 9.17) is 14.9 Å². The summed E-state index contributed by atoms with van der Waals surface area (Å²) in [4.78, 5) is 23.1. The van der Waals surface area contributed by atoms with E-state index in [1.807, 2.05) is 0 Å². The van der Waals surface area contributed by atoms with Crippen LogP contribution in [0.3, 0.4) is 0 Å². The van der Waals surface area contributed by atoms with E-state index >= 15 is 0 Å². The van der Waals surface area contributed by atoms with Gasteiger partial charge in [0.15, 0.2) is 0 Å². The van der Waals surface area contributed by atoms with Crippen molar-refractivity contribution in [3.63, 3.8) is 0 Å². The monoisotopic (exact) mass is 334 g/mol. The van der Waals surface area contributed by atoms with Gasteiger partial charge in [0.1, 0.15) is 11.9 Å². The first-order valence-corrected chi connectivity index (χ1v) is 7.30. The molecule has 1 atom stereocenters. The Morgan fingerprint density at radius 2 is 1.58 bits per heavy atom. The molecule has 0 aliphatic carbocycles. The molecule has 0 fully saturated rings. The molecule has 0 bridgehead atoms. The zero-order valence-electron chi connectivity index (χ0n) is 13.4. The van der Waals surface area contributed by atoms with Crippen molar-refractivity contribution in [3.05, 3.63) is 71.0 Å². The van der Waals surface area contributed by atoms with Gasteiger partial charge in [-0.2, -0.15) is 0 Å². The second-order valence-electron chi connectivity index (χ2n) is 4.74. The minimum absolute atomic E-state index is 0.0619. The van der Waals surface area contributed by atoms with Crippen LogP contribution in [-0.2, 0) is 4.74 Å². The topological polar surface area (TPSA) is 83.8 Å². The van der Waals surface area contributed by atoms with Crippen LogP contribution in [0.1, 0.15) is 46.2 Å². The average molecular weight is 334 g/mol. The number of carboxylic acids is 1. The van der Waals surface area contributed by atoms with Crippen LogP contribution < -0.4 is 0 Å². The molecule has 2 rings (SSSR count). The predicted octanol–water partition coefficient (Wildman–Crippen LogP) is 3.44. The lowest BCUT2D eigenvalue weighted by Crippen LogP contribution is -2.14. The Hall–Kier alpha value is -2.73. The lowest BCUT2D eigenvalue weighted by atomic mass is 10.1. The molecule has 0 amide bonds. The molecule has 128 valence electrons. The SMILES string of the molecule is CCO.C[C@H](OC(=O)c1ccccc1C(=O)O)c1ccccc1F. The molecule has 0 saturated carbocycles. The minimum Gasteiger partial charge on any atom is -0.478 e. The molecular weight excluding hydrogens is 315 g/mol. The van der Waals surface area contributed by atoms with Gasteiger partial charge in [-0.3, -0.25) is 0 Å². The largest absolute Gasteiger partial charge is 0.478 e. The van der Waals surface area contributed by atoms with Crippen molar-refractivity contribution >= 4 is 11.9 Å². The molecular formula is C18H19FO5. The van der Waals surface area contributed by atoms with Gasteiger partial charge in [0.05, 0.1) is 11.1 Å². The van der Waals surface area contributed by atoms with Gasteiger partial charge in [0.2, 0.25) is 0 Å². The standard InChI is InChI=1S/C16H13FO4.C2H6O/c1-10(11-6-4-5-9-14(11)17)21-16(20)13-8-3-2-7-12(13)15(18)19;1-2-3/h2-10H,1H3,(H,18,19);3H,2H2,1H3/t10-;/m0./s1. The fourth-order valence-electron chi connectivity index (χ4n) is 1.94. The molecule has 0 aliphatic rings. The molecule has 0 aliphatic heterocycles. The summed E-state index contributed by atoms with van der Waals surface area (Å²) in [5.74, 6) is -2.51. The Kier molecular flexibility index (Phi) is 7.58. The normalized spacial score (nSPS) is 11.0. The van der Waals surface area contributed by atoms with Crippen LogP contribution in [0.25, 0.3) is 0 Å². The lowest BCUT2D eigenvalue weighted by molar-refractivity contribution is 0.0325. The average Bonchev–Trinajstić information content (AvgIpc) is 2.55. The third-order valence-electron chi connectivity index (χ3n) is 3.00. The summed E-state index contributed by atoms with van der Waals surface area (Å²) in [5.41, 5.74) is 0.0232. The van der Waals surface area contributed by atoms with Crippen LogP contribution in [-0.4, -0.2) is 28.8 Å². The van der Waals surface area contributed by atoms with Gasteiger partial charge in [-0.05, 0) is 32.0 Å². The molecule has 6 heteroatoms. The van der Waals surface area contributed by atoms with Crippen LogP contribution in [0.5, 0.6) is 0 Å². The van der Waals surface area contributed by atoms with E-state index in [9.17, 15) is 14.0 Å². The Morgan fingerprint density at radius 1 is 1.08 bits per heavy atom. The highest BCUT2D eigenvalue weighted by Crippen LogP contribution is 2.22. The van der Waals surface area contributed by atoms with Crippen molar-refractivity contribution in [3.8, 4) is 0 Å². The van der Waals surface area contributed by atoms with Gasteiger partial charge < -0.3 is 14.9 Å². The second-order valence-corrected chi connectivity index (χ2v) is 4.74. The highest BCUT2D eigenvalue weighted by atomic mass is 19.1. The highest BCUT2D eigenvalue weighted by molar-refractivity contribution is 6.02. The van der Waals surface area contributed by atoms with E-state index in [1.165, 1.54) is 49.4 Å². The quantitative estimate of drug-likeness (QED) is 0.837. The number of aliphatic hydroxyl groups excluding tert-OH is 1. The molecule has 0 spiro atoms. The first-order chi connectivity index (χ1) is 11.4. The van der Waals surface area contributed by atoms with Gasteiger partial charge in [-0.1, -0.05) is 30.3 Å². The molecule has 5 nitrogen and oxygen atoms in total. The summed E-state index contributed by atoms with van der Waals surface area (Å²) < 4.78 is 18.8. The summed E-state index contributed by atoms with van der Waals surface area (Å²) in [5, 5.41) is 16.6. The Labute approximate surface area is 139 Å². The number of esters is 1. The van der Waals surface area contributed by atoms with Crippen molar-refractivity contribution in [1.82, 2.24) is 0 Å². The van der Waals surface area contributed by atoms with Crippen molar-refractivity contribution in [2.45, 2.75) is 20.0 Å². The maximum atomic E-state index is 13.6. The highest BCUT2D eigenvalue weighted by Gasteiger charge is 2.21. The number of carbonyl (C=O) groups is 2. The zero-order chi connectivity index (χ0) is 18.1. The Bertz CT molecular complexity index is 699. The van der Waals surface area contributed by atoms with Crippen LogP contribution in [0, 0.1) is 5.82 Å². The first-order valence-electron chi connectivity index (χ1n) is 7.30. The molecule has 2 aromatic carbocycles. The Balaban J connectivity index is 0.000000891. The summed E-state index contributed by atoms with van der Waals surface area (Å²) in [6.45, 7) is 3.46. The number of rotatable bonds is 4. The summed E-state index contributed by atoms with van der Waals surface area (Å²) in [6.07, 6.45) is -0.819. The summed E-state index contributed by atoms with van der Waals surface area (Å²) in [7, 11) is 0. The van der Waals surface area contributed by atoms with Gasteiger partial charge in [-0.15, -0.1) is 0 Å². The molecule has 2 aromatic rings. The molecule has 0 saturated heterocycles. The summed E-state index contributed by atoms with van der Waals surface area (Å²) in [6, 6.07) is 11.7. The third-order valence-corrected chi connectivity index (χ3v) is 3.00. The number of ether oxygens (including phenoxy) is 1. The van der Waals surface area contributed by atoms with E-state index in [-0.39, 0.29) is 23.3 Å². The number of aromatic carboxylic acids is 1. The van der Waals surface area contributed by atoms with Gasteiger partial charge in [0, 0.05) is 12.2 Å². The molecule has 24 heavy (non-hydrogen) atoms. The molecule has 0 radical (unpaired) electrons. The van der Waals surface area contributed by atoms with Crippen LogP contribution in [0.15, 0.2) is 48.5 Å². The van der Waals surface area contributed by atoms with Crippen molar-refractivity contribution in [2.24, 2.45) is 0 Å². The predicted molar refractivity (Wildman–Crippen MR) is 86.4 cm³/mol. The van der Waals surface area contributed by atoms with Crippen molar-refractivity contribution in [2.75, 3.05) is 6.61 Å². The van der Waals surface area contributed by atoms with E-state index in [1.54, 1.807) is 13.0 Å². The maximum Gasteiger partial charge on any atom is 0.339 e. The summed E-state index contributed by atoms with van der Waals surface area (Å²) >= 11 is 0. The smallest absolute Gasteiger partial charge is 0.339 e. The zero-order valence-corrected chi connectivity index (χ0v) is 13.4. The van der Waals surface area contributed by atoms with Gasteiger partial charge >= 0.3 is 11.9 Å². The van der Waals surface area contributed by atoms with Gasteiger partial charge in [0.25, 0.3) is 0 Å². The fourth-order valence-corrected chi connectivity index (χ4v) is 1.94. The fraction of sp³-hybridized carbons (Fsp3) is 0.222. The van der Waals surface area contributed by atoms with Crippen molar-refractivity contribution in [1.29, 1.82) is 0 Å². The molecule has 2 N–H and O–H groups in total. The Morgan fingerprint density at radius 3 is 2.12 bits per heavy atom. The molecule has 0 unspecified atom stereocenters. The molecule has 0 heterocycles. The van der Waals surface area contributed by atoms with Crippen molar-refractivity contribution < 1.29 is 28.9 Å². The second kappa shape index (κ2) is 9.42. The number of carbonyl (C=O) groups excluding carboxylic acids is 1. The third kappa shape index (κ3) is 5.17. The van der Waals surface area contributed by atoms with Crippen LogP contribution >= 0.6 is 0 Å².